The Labute approximate surface area is 101 Å². The van der Waals surface area contributed by atoms with Gasteiger partial charge >= 0.3 is 0 Å². The first-order valence-corrected chi connectivity index (χ1v) is 6.60. The standard InChI is InChI=1S/C7H10P.C5H5.Ru/c1-8(2)7-5-3-4-6-7;1-2-4-5-3-1;/h3-6H,1-2H3;1-5H;/q-1;-5;. The zero-order chi connectivity index (χ0) is 9.52. The van der Waals surface area contributed by atoms with Crippen LogP contribution in [0.4, 0.5) is 0 Å². The SMILES string of the molecule is CP(C)[c-]1cccc1.[Ru].[cH-]1[cH-][cH-][cH-][cH-]1. The summed E-state index contributed by atoms with van der Waals surface area (Å²) in [5.41, 5.74) is 0. The molecule has 0 saturated heterocycles. The van der Waals surface area contributed by atoms with E-state index in [9.17, 15) is 0 Å². The van der Waals surface area contributed by atoms with Gasteiger partial charge in [0, 0.05) is 19.5 Å². The van der Waals surface area contributed by atoms with E-state index in [0.717, 1.165) is 0 Å². The van der Waals surface area contributed by atoms with Gasteiger partial charge in [0.1, 0.15) is 0 Å². The Morgan fingerprint density at radius 1 is 0.857 bits per heavy atom. The van der Waals surface area contributed by atoms with Gasteiger partial charge in [-0.25, -0.2) is 12.1 Å². The van der Waals surface area contributed by atoms with Crippen LogP contribution in [0.3, 0.4) is 0 Å². The molecule has 0 aromatic heterocycles. The van der Waals surface area contributed by atoms with Crippen LogP contribution in [-0.2, 0) is 19.5 Å². The third-order valence-electron chi connectivity index (χ3n) is 1.72. The molecule has 0 spiro atoms. The number of rotatable bonds is 1. The Bertz CT molecular complexity index is 265. The van der Waals surface area contributed by atoms with Crippen molar-refractivity contribution in [3.63, 3.8) is 0 Å². The van der Waals surface area contributed by atoms with Crippen LogP contribution in [0.5, 0.6) is 0 Å². The Morgan fingerprint density at radius 3 is 1.43 bits per heavy atom. The summed E-state index contributed by atoms with van der Waals surface area (Å²) < 4.78 is 0. The number of hydrogen-bond donors (Lipinski definition) is 0. The molecule has 0 saturated carbocycles. The minimum atomic E-state index is 0. The second-order valence-corrected chi connectivity index (χ2v) is 5.31. The van der Waals surface area contributed by atoms with Crippen molar-refractivity contribution in [1.29, 1.82) is 0 Å². The molecule has 0 fully saturated rings. The molecule has 0 nitrogen and oxygen atoms in total. The van der Waals surface area contributed by atoms with Gasteiger partial charge in [0.05, 0.1) is 0 Å². The zero-order valence-electron chi connectivity index (χ0n) is 8.50. The van der Waals surface area contributed by atoms with Gasteiger partial charge in [0.2, 0.25) is 0 Å². The summed E-state index contributed by atoms with van der Waals surface area (Å²) in [5, 5.41) is 1.50. The van der Waals surface area contributed by atoms with Crippen molar-refractivity contribution >= 4 is 13.2 Å². The van der Waals surface area contributed by atoms with Gasteiger partial charge in [-0.2, -0.15) is 12.1 Å². The van der Waals surface area contributed by atoms with E-state index in [2.05, 4.69) is 37.6 Å². The van der Waals surface area contributed by atoms with Crippen LogP contribution >= 0.6 is 7.92 Å². The molecule has 0 aliphatic heterocycles. The predicted molar refractivity (Wildman–Crippen MR) is 62.5 cm³/mol. The second kappa shape index (κ2) is 8.09. The molecule has 0 aliphatic carbocycles. The van der Waals surface area contributed by atoms with Gasteiger partial charge in [-0.05, 0) is 0 Å². The largest absolute Gasteiger partial charge is 0.748 e. The molecule has 82 valence electrons. The quantitative estimate of drug-likeness (QED) is 0.430. The van der Waals surface area contributed by atoms with E-state index in [-0.39, 0.29) is 27.4 Å². The Morgan fingerprint density at radius 2 is 1.21 bits per heavy atom. The molecular weight excluding hydrogens is 276 g/mol. The van der Waals surface area contributed by atoms with E-state index in [4.69, 9.17) is 0 Å². The molecule has 14 heavy (non-hydrogen) atoms. The Kier molecular flexibility index (Phi) is 7.95. The van der Waals surface area contributed by atoms with E-state index >= 15 is 0 Å². The summed E-state index contributed by atoms with van der Waals surface area (Å²) in [6.07, 6.45) is 0. The summed E-state index contributed by atoms with van der Waals surface area (Å²) in [6, 6.07) is 18.6. The fourth-order valence-corrected chi connectivity index (χ4v) is 1.75. The summed E-state index contributed by atoms with van der Waals surface area (Å²) in [4.78, 5) is 0. The molecule has 2 aromatic rings. The van der Waals surface area contributed by atoms with Crippen LogP contribution in [0.1, 0.15) is 0 Å². The molecular formula is C12H15PRu-6. The van der Waals surface area contributed by atoms with Gasteiger partial charge in [-0.15, -0.1) is 13.2 Å². The molecule has 2 aromatic carbocycles. The van der Waals surface area contributed by atoms with Crippen LogP contribution in [0.2, 0.25) is 0 Å². The summed E-state index contributed by atoms with van der Waals surface area (Å²) in [5.74, 6) is 0. The third-order valence-corrected chi connectivity index (χ3v) is 3.05. The minimum Gasteiger partial charge on any atom is -0.748 e. The molecule has 2 heteroatoms. The van der Waals surface area contributed by atoms with Gasteiger partial charge in [-0.3, -0.25) is 0 Å². The average Bonchev–Trinajstić information content (AvgIpc) is 2.82. The van der Waals surface area contributed by atoms with E-state index in [1.165, 1.54) is 5.30 Å². The number of hydrogen-bond acceptors (Lipinski definition) is 0. The topological polar surface area (TPSA) is 0 Å². The molecule has 0 unspecified atom stereocenters. The predicted octanol–water partition coefficient (Wildman–Crippen LogP) is 3.18. The molecule has 0 heterocycles. The molecule has 2 rings (SSSR count). The van der Waals surface area contributed by atoms with Crippen molar-refractivity contribution in [2.24, 2.45) is 0 Å². The van der Waals surface area contributed by atoms with Crippen LogP contribution in [-0.4, -0.2) is 13.3 Å². The van der Waals surface area contributed by atoms with E-state index in [1.807, 2.05) is 30.3 Å². The maximum absolute atomic E-state index is 2.27. The van der Waals surface area contributed by atoms with Crippen molar-refractivity contribution in [2.45, 2.75) is 0 Å². The molecule has 0 atom stereocenters. The van der Waals surface area contributed by atoms with Crippen molar-refractivity contribution in [3.8, 4) is 0 Å². The van der Waals surface area contributed by atoms with E-state index < -0.39 is 0 Å². The molecule has 0 aliphatic rings. The van der Waals surface area contributed by atoms with Gasteiger partial charge in [0.15, 0.2) is 0 Å². The first-order valence-electron chi connectivity index (χ1n) is 4.36. The molecule has 0 bridgehead atoms. The fourth-order valence-electron chi connectivity index (χ4n) is 0.983. The zero-order valence-corrected chi connectivity index (χ0v) is 11.1. The Balaban J connectivity index is 0.000000246. The maximum atomic E-state index is 2.27. The normalized spacial score (nSPS) is 8.79. The summed E-state index contributed by atoms with van der Waals surface area (Å²) >= 11 is 0. The smallest absolute Gasteiger partial charge is 0 e. The second-order valence-electron chi connectivity index (χ2n) is 3.00. The van der Waals surface area contributed by atoms with Gasteiger partial charge in [-0.1, -0.05) is 13.3 Å². The van der Waals surface area contributed by atoms with Crippen molar-refractivity contribution < 1.29 is 19.5 Å². The van der Waals surface area contributed by atoms with Gasteiger partial charge < -0.3 is 30.3 Å². The fraction of sp³-hybridized carbons (Fsp3) is 0.167. The monoisotopic (exact) mass is 292 g/mol. The summed E-state index contributed by atoms with van der Waals surface area (Å²) in [7, 11) is 0.141. The van der Waals surface area contributed by atoms with Crippen molar-refractivity contribution in [1.82, 2.24) is 0 Å². The van der Waals surface area contributed by atoms with Crippen LogP contribution in [0.15, 0.2) is 54.6 Å². The van der Waals surface area contributed by atoms with Crippen LogP contribution < -0.4 is 5.30 Å². The van der Waals surface area contributed by atoms with Crippen LogP contribution in [0.25, 0.3) is 0 Å². The minimum absolute atomic E-state index is 0. The van der Waals surface area contributed by atoms with Crippen LogP contribution in [0, 0.1) is 0 Å². The first-order chi connectivity index (χ1) is 6.30. The molecule has 0 radical (unpaired) electrons. The first kappa shape index (κ1) is 13.8. The summed E-state index contributed by atoms with van der Waals surface area (Å²) in [6.45, 7) is 4.54. The molecule has 0 N–H and O–H groups in total. The third kappa shape index (κ3) is 5.48. The average molecular weight is 291 g/mol. The maximum Gasteiger partial charge on any atom is 0 e. The Hall–Kier alpha value is -0.247. The van der Waals surface area contributed by atoms with E-state index in [1.54, 1.807) is 0 Å². The van der Waals surface area contributed by atoms with Crippen molar-refractivity contribution in [2.75, 3.05) is 13.3 Å². The van der Waals surface area contributed by atoms with E-state index in [0.29, 0.717) is 0 Å². The van der Waals surface area contributed by atoms with Gasteiger partial charge in [0.25, 0.3) is 0 Å². The van der Waals surface area contributed by atoms with Crippen molar-refractivity contribution in [3.05, 3.63) is 54.6 Å². The molecule has 0 amide bonds.